The van der Waals surface area contributed by atoms with E-state index >= 15 is 0 Å². The molecule has 0 fully saturated rings. The van der Waals surface area contributed by atoms with Crippen molar-refractivity contribution in [1.82, 2.24) is 9.38 Å². The standard InChI is InChI=1S/C23H22N2O2S/c1-3-16(2)18-9-10-21(27-15-17-7-5-4-6-8-17)19(13-18)22-20(14-26)25-11-12-28-23(25)24-22/h4-14,16H,3,15H2,1-2H3. The fraction of sp³-hybridized carbons (Fsp3) is 0.217. The number of benzene rings is 2. The van der Waals surface area contributed by atoms with Gasteiger partial charge >= 0.3 is 0 Å². The van der Waals surface area contributed by atoms with Crippen LogP contribution in [0.25, 0.3) is 16.2 Å². The monoisotopic (exact) mass is 390 g/mol. The number of aromatic nitrogens is 2. The van der Waals surface area contributed by atoms with Gasteiger partial charge in [0.1, 0.15) is 23.7 Å². The molecular weight excluding hydrogens is 368 g/mol. The molecule has 0 saturated carbocycles. The molecule has 0 radical (unpaired) electrons. The minimum atomic E-state index is 0.422. The normalized spacial score (nSPS) is 12.2. The van der Waals surface area contributed by atoms with Crippen molar-refractivity contribution in [3.05, 3.63) is 76.9 Å². The second kappa shape index (κ2) is 7.98. The number of rotatable bonds is 7. The van der Waals surface area contributed by atoms with Crippen molar-refractivity contribution in [2.24, 2.45) is 0 Å². The van der Waals surface area contributed by atoms with Crippen molar-refractivity contribution in [1.29, 1.82) is 0 Å². The lowest BCUT2D eigenvalue weighted by Gasteiger charge is -2.15. The Bertz CT molecular complexity index is 1100. The fourth-order valence-corrected chi connectivity index (χ4v) is 3.97. The predicted octanol–water partition coefficient (Wildman–Crippen LogP) is 5.97. The van der Waals surface area contributed by atoms with Crippen molar-refractivity contribution in [3.63, 3.8) is 0 Å². The SMILES string of the molecule is CCC(C)c1ccc(OCc2ccccc2)c(-c2nc3sccn3c2C=O)c1. The van der Waals surface area contributed by atoms with Crippen molar-refractivity contribution < 1.29 is 9.53 Å². The van der Waals surface area contributed by atoms with Crippen LogP contribution in [0.2, 0.25) is 0 Å². The van der Waals surface area contributed by atoms with E-state index in [9.17, 15) is 4.79 Å². The van der Waals surface area contributed by atoms with Crippen LogP contribution in [0.4, 0.5) is 0 Å². The number of thiazole rings is 1. The van der Waals surface area contributed by atoms with Gasteiger partial charge in [-0.25, -0.2) is 4.98 Å². The van der Waals surface area contributed by atoms with Gasteiger partial charge in [0, 0.05) is 17.1 Å². The zero-order valence-electron chi connectivity index (χ0n) is 16.0. The number of aldehydes is 1. The van der Waals surface area contributed by atoms with E-state index in [0.717, 1.165) is 34.5 Å². The van der Waals surface area contributed by atoms with Gasteiger partial charge in [0.25, 0.3) is 0 Å². The average Bonchev–Trinajstić information content (AvgIpc) is 3.33. The second-order valence-electron chi connectivity index (χ2n) is 6.86. The van der Waals surface area contributed by atoms with E-state index in [-0.39, 0.29) is 0 Å². The molecule has 0 aliphatic carbocycles. The topological polar surface area (TPSA) is 43.6 Å². The highest BCUT2D eigenvalue weighted by atomic mass is 32.1. The molecule has 4 aromatic rings. The Morgan fingerprint density at radius 2 is 2.04 bits per heavy atom. The van der Waals surface area contributed by atoms with Gasteiger partial charge in [-0.15, -0.1) is 11.3 Å². The molecule has 142 valence electrons. The summed E-state index contributed by atoms with van der Waals surface area (Å²) in [6.45, 7) is 4.85. The van der Waals surface area contributed by atoms with Gasteiger partial charge < -0.3 is 4.74 Å². The van der Waals surface area contributed by atoms with E-state index in [1.54, 1.807) is 0 Å². The maximum absolute atomic E-state index is 11.8. The van der Waals surface area contributed by atoms with E-state index in [0.29, 0.717) is 23.9 Å². The lowest BCUT2D eigenvalue weighted by Crippen LogP contribution is -2.00. The molecule has 2 aromatic heterocycles. The van der Waals surface area contributed by atoms with Crippen LogP contribution in [0.15, 0.2) is 60.1 Å². The lowest BCUT2D eigenvalue weighted by molar-refractivity contribution is 0.111. The highest BCUT2D eigenvalue weighted by molar-refractivity contribution is 7.15. The molecule has 0 aliphatic heterocycles. The minimum Gasteiger partial charge on any atom is -0.488 e. The molecule has 5 heteroatoms. The number of imidazole rings is 1. The predicted molar refractivity (Wildman–Crippen MR) is 113 cm³/mol. The van der Waals surface area contributed by atoms with E-state index < -0.39 is 0 Å². The number of nitrogens with zero attached hydrogens (tertiary/aromatic N) is 2. The van der Waals surface area contributed by atoms with Gasteiger partial charge in [0.2, 0.25) is 0 Å². The molecule has 4 nitrogen and oxygen atoms in total. The first-order valence-corrected chi connectivity index (χ1v) is 10.3. The number of hydrogen-bond donors (Lipinski definition) is 0. The van der Waals surface area contributed by atoms with E-state index in [1.807, 2.05) is 52.4 Å². The summed E-state index contributed by atoms with van der Waals surface area (Å²) in [5, 5.41) is 1.93. The summed E-state index contributed by atoms with van der Waals surface area (Å²) >= 11 is 1.52. The molecule has 1 atom stereocenters. The van der Waals surface area contributed by atoms with Gasteiger partial charge in [-0.2, -0.15) is 0 Å². The molecule has 0 bridgehead atoms. The van der Waals surface area contributed by atoms with Crippen LogP contribution in [0.5, 0.6) is 5.75 Å². The Balaban J connectivity index is 1.79. The summed E-state index contributed by atoms with van der Waals surface area (Å²) in [4.78, 5) is 17.4. The van der Waals surface area contributed by atoms with E-state index in [1.165, 1.54) is 16.9 Å². The van der Waals surface area contributed by atoms with Crippen LogP contribution >= 0.6 is 11.3 Å². The first kappa shape index (κ1) is 18.4. The third kappa shape index (κ3) is 3.45. The minimum absolute atomic E-state index is 0.422. The molecule has 28 heavy (non-hydrogen) atoms. The van der Waals surface area contributed by atoms with Crippen molar-refractivity contribution >= 4 is 22.6 Å². The second-order valence-corrected chi connectivity index (χ2v) is 7.73. The zero-order chi connectivity index (χ0) is 19.5. The number of ether oxygens (including phenoxy) is 1. The third-order valence-corrected chi connectivity index (χ3v) is 5.84. The Morgan fingerprint density at radius 3 is 2.79 bits per heavy atom. The molecule has 0 amide bonds. The Labute approximate surface area is 168 Å². The van der Waals surface area contributed by atoms with Crippen LogP contribution < -0.4 is 4.74 Å². The molecule has 0 N–H and O–H groups in total. The van der Waals surface area contributed by atoms with Gasteiger partial charge in [-0.3, -0.25) is 9.20 Å². The summed E-state index contributed by atoms with van der Waals surface area (Å²) in [5.74, 6) is 1.16. The highest BCUT2D eigenvalue weighted by Gasteiger charge is 2.19. The van der Waals surface area contributed by atoms with Crippen LogP contribution in [0, 0.1) is 0 Å². The summed E-state index contributed by atoms with van der Waals surface area (Å²) in [5.41, 5.74) is 4.42. The van der Waals surface area contributed by atoms with Crippen LogP contribution in [0.3, 0.4) is 0 Å². The quantitative estimate of drug-likeness (QED) is 0.365. The highest BCUT2D eigenvalue weighted by Crippen LogP contribution is 2.36. The zero-order valence-corrected chi connectivity index (χ0v) is 16.8. The molecule has 0 saturated heterocycles. The lowest BCUT2D eigenvalue weighted by atomic mass is 9.95. The molecule has 2 aromatic carbocycles. The summed E-state index contributed by atoms with van der Waals surface area (Å²) < 4.78 is 7.99. The van der Waals surface area contributed by atoms with Crippen LogP contribution in [0.1, 0.15) is 47.8 Å². The summed E-state index contributed by atoms with van der Waals surface area (Å²) in [6, 6.07) is 16.3. The van der Waals surface area contributed by atoms with E-state index in [2.05, 4.69) is 26.0 Å². The maximum atomic E-state index is 11.8. The Kier molecular flexibility index (Phi) is 5.26. The summed E-state index contributed by atoms with van der Waals surface area (Å²) in [7, 11) is 0. The Hall–Kier alpha value is -2.92. The van der Waals surface area contributed by atoms with Gasteiger partial charge in [-0.05, 0) is 35.6 Å². The van der Waals surface area contributed by atoms with E-state index in [4.69, 9.17) is 9.72 Å². The number of carbonyl (C=O) groups excluding carboxylic acids is 1. The van der Waals surface area contributed by atoms with Crippen molar-refractivity contribution in [2.75, 3.05) is 0 Å². The maximum Gasteiger partial charge on any atom is 0.194 e. The molecule has 2 heterocycles. The Morgan fingerprint density at radius 1 is 1.21 bits per heavy atom. The third-order valence-electron chi connectivity index (χ3n) is 5.09. The summed E-state index contributed by atoms with van der Waals surface area (Å²) in [6.07, 6.45) is 3.80. The molecule has 1 unspecified atom stereocenters. The first-order chi connectivity index (χ1) is 13.7. The molecule has 0 spiro atoms. The smallest absolute Gasteiger partial charge is 0.194 e. The van der Waals surface area contributed by atoms with Crippen LogP contribution in [-0.4, -0.2) is 15.7 Å². The fourth-order valence-electron chi connectivity index (χ4n) is 3.25. The van der Waals surface area contributed by atoms with Crippen molar-refractivity contribution in [2.45, 2.75) is 32.8 Å². The first-order valence-electron chi connectivity index (χ1n) is 9.43. The molecular formula is C23H22N2O2S. The van der Waals surface area contributed by atoms with Gasteiger partial charge in [0.05, 0.1) is 0 Å². The largest absolute Gasteiger partial charge is 0.488 e. The number of fused-ring (bicyclic) bond motifs is 1. The number of hydrogen-bond acceptors (Lipinski definition) is 4. The molecule has 0 aliphatic rings. The molecule has 4 rings (SSSR count). The van der Waals surface area contributed by atoms with Gasteiger partial charge in [-0.1, -0.05) is 50.2 Å². The number of carbonyl (C=O) groups is 1. The van der Waals surface area contributed by atoms with Crippen LogP contribution in [-0.2, 0) is 6.61 Å². The van der Waals surface area contributed by atoms with Gasteiger partial charge in [0.15, 0.2) is 11.2 Å². The van der Waals surface area contributed by atoms with Crippen molar-refractivity contribution in [3.8, 4) is 17.0 Å². The average molecular weight is 391 g/mol.